The molecule has 0 fully saturated rings. The summed E-state index contributed by atoms with van der Waals surface area (Å²) in [5.41, 5.74) is 15.9. The molecule has 0 aliphatic heterocycles. The molecule has 4 heteroatoms. The van der Waals surface area contributed by atoms with Crippen molar-refractivity contribution >= 4 is 57.7 Å². The van der Waals surface area contributed by atoms with Crippen LogP contribution < -0.4 is 21.3 Å². The summed E-state index contributed by atoms with van der Waals surface area (Å²) in [6.45, 7) is 8.71. The Labute approximate surface area is 329 Å². The van der Waals surface area contributed by atoms with Gasteiger partial charge in [0.1, 0.15) is 0 Å². The van der Waals surface area contributed by atoms with Crippen molar-refractivity contribution in [3.05, 3.63) is 218 Å². The molecule has 4 N–H and O–H groups in total. The minimum atomic E-state index is 0.929. The SMILES string of the molecule is C=Cc1ccc(Nc2ccccc2)c(Nc2ccccc2)c1-c1cccc(-c2ccccc2)c1-c1c(C=C)ccc(Nc2ccccc2)c1Nc1ccccc1. The maximum Gasteiger partial charge on any atom is 0.0709 e. The lowest BCUT2D eigenvalue weighted by atomic mass is 9.82. The minimum Gasteiger partial charge on any atom is -0.354 e. The second-order valence-corrected chi connectivity index (χ2v) is 13.4. The van der Waals surface area contributed by atoms with Gasteiger partial charge in [0.15, 0.2) is 0 Å². The van der Waals surface area contributed by atoms with E-state index in [0.717, 1.165) is 90.0 Å². The van der Waals surface area contributed by atoms with Gasteiger partial charge in [0, 0.05) is 39.4 Å². The Morgan fingerprint density at radius 1 is 0.304 bits per heavy atom. The van der Waals surface area contributed by atoms with Crippen LogP contribution in [0.4, 0.5) is 45.5 Å². The van der Waals surface area contributed by atoms with E-state index in [4.69, 9.17) is 0 Å². The van der Waals surface area contributed by atoms with Crippen molar-refractivity contribution in [2.75, 3.05) is 21.3 Å². The summed E-state index contributed by atoms with van der Waals surface area (Å²) in [4.78, 5) is 0. The van der Waals surface area contributed by atoms with E-state index in [0.29, 0.717) is 0 Å². The van der Waals surface area contributed by atoms with Gasteiger partial charge in [-0.3, -0.25) is 0 Å². The maximum absolute atomic E-state index is 4.37. The van der Waals surface area contributed by atoms with Crippen LogP contribution in [0.25, 0.3) is 45.5 Å². The predicted octanol–water partition coefficient (Wildman–Crippen LogP) is 14.9. The first-order chi connectivity index (χ1) is 27.7. The quantitative estimate of drug-likeness (QED) is 0.0957. The van der Waals surface area contributed by atoms with E-state index < -0.39 is 0 Å². The zero-order chi connectivity index (χ0) is 38.1. The average molecular weight is 723 g/mol. The number of benzene rings is 8. The average Bonchev–Trinajstić information content (AvgIpc) is 3.26. The van der Waals surface area contributed by atoms with Crippen molar-refractivity contribution in [2.45, 2.75) is 0 Å². The highest BCUT2D eigenvalue weighted by atomic mass is 15.0. The van der Waals surface area contributed by atoms with Gasteiger partial charge in [-0.05, 0) is 88.5 Å². The Bertz CT molecular complexity index is 2590. The lowest BCUT2D eigenvalue weighted by molar-refractivity contribution is 1.46. The molecule has 0 radical (unpaired) electrons. The summed E-state index contributed by atoms with van der Waals surface area (Å²) in [7, 11) is 0. The molecular formula is C52H42N4. The van der Waals surface area contributed by atoms with Gasteiger partial charge < -0.3 is 21.3 Å². The summed E-state index contributed by atoms with van der Waals surface area (Å²) in [6.07, 6.45) is 3.90. The fourth-order valence-electron chi connectivity index (χ4n) is 7.18. The monoisotopic (exact) mass is 722 g/mol. The zero-order valence-electron chi connectivity index (χ0n) is 31.0. The van der Waals surface area contributed by atoms with Crippen LogP contribution in [0.5, 0.6) is 0 Å². The number of anilines is 8. The molecule has 0 aliphatic rings. The van der Waals surface area contributed by atoms with Crippen LogP contribution in [0.3, 0.4) is 0 Å². The molecule has 56 heavy (non-hydrogen) atoms. The smallest absolute Gasteiger partial charge is 0.0709 e. The fraction of sp³-hybridized carbons (Fsp3) is 0. The largest absolute Gasteiger partial charge is 0.354 e. The van der Waals surface area contributed by atoms with Crippen molar-refractivity contribution in [3.8, 4) is 33.4 Å². The molecule has 4 nitrogen and oxygen atoms in total. The van der Waals surface area contributed by atoms with Gasteiger partial charge in [0.05, 0.1) is 22.7 Å². The molecule has 0 spiro atoms. The topological polar surface area (TPSA) is 48.1 Å². The molecule has 0 bridgehead atoms. The van der Waals surface area contributed by atoms with Crippen molar-refractivity contribution in [1.82, 2.24) is 0 Å². The molecule has 0 amide bonds. The van der Waals surface area contributed by atoms with Crippen molar-refractivity contribution in [1.29, 1.82) is 0 Å². The Balaban J connectivity index is 1.48. The Hall–Kier alpha value is -7.56. The van der Waals surface area contributed by atoms with E-state index in [-0.39, 0.29) is 0 Å². The number of rotatable bonds is 13. The Kier molecular flexibility index (Phi) is 10.5. The van der Waals surface area contributed by atoms with Gasteiger partial charge in [-0.2, -0.15) is 0 Å². The van der Waals surface area contributed by atoms with Crippen LogP contribution in [0, 0.1) is 0 Å². The van der Waals surface area contributed by atoms with Crippen molar-refractivity contribution in [3.63, 3.8) is 0 Å². The van der Waals surface area contributed by atoms with Crippen LogP contribution in [0.15, 0.2) is 207 Å². The summed E-state index contributed by atoms with van der Waals surface area (Å²) >= 11 is 0. The number of hydrogen-bond donors (Lipinski definition) is 4. The molecule has 8 aromatic rings. The van der Waals surface area contributed by atoms with Gasteiger partial charge in [-0.1, -0.05) is 159 Å². The van der Waals surface area contributed by atoms with E-state index in [1.807, 2.05) is 72.8 Å². The van der Waals surface area contributed by atoms with Gasteiger partial charge in [0.2, 0.25) is 0 Å². The first-order valence-corrected chi connectivity index (χ1v) is 18.8. The molecule has 0 atom stereocenters. The summed E-state index contributed by atoms with van der Waals surface area (Å²) in [5.74, 6) is 0. The number of nitrogens with one attached hydrogen (secondary N) is 4. The van der Waals surface area contributed by atoms with Gasteiger partial charge in [-0.15, -0.1) is 0 Å². The molecule has 8 aromatic carbocycles. The second-order valence-electron chi connectivity index (χ2n) is 13.4. The van der Waals surface area contributed by atoms with E-state index in [2.05, 4.69) is 168 Å². The molecule has 0 aromatic heterocycles. The number of para-hydroxylation sites is 4. The molecule has 0 aliphatic carbocycles. The van der Waals surface area contributed by atoms with E-state index in [1.54, 1.807) is 0 Å². The second kappa shape index (κ2) is 16.6. The first-order valence-electron chi connectivity index (χ1n) is 18.8. The molecule has 8 rings (SSSR count). The highest BCUT2D eigenvalue weighted by Gasteiger charge is 2.25. The standard InChI is InChI=1S/C52H42N4/c1-3-37-33-35-46(53-40-23-12-6-13-24-40)51(55-42-27-16-8-17-28-42)48(37)45-32-20-31-44(39-21-10-5-11-22-39)50(45)49-38(4-2)34-36-47(54-41-25-14-7-15-26-41)52(49)56-43-29-18-9-19-30-43/h3-36,53-56H,1-2H2. The molecule has 0 saturated carbocycles. The van der Waals surface area contributed by atoms with Gasteiger partial charge in [0.25, 0.3) is 0 Å². The third-order valence-corrected chi connectivity index (χ3v) is 9.78. The van der Waals surface area contributed by atoms with Gasteiger partial charge in [-0.25, -0.2) is 0 Å². The van der Waals surface area contributed by atoms with E-state index in [9.17, 15) is 0 Å². The molecule has 0 saturated heterocycles. The molecule has 0 unspecified atom stereocenters. The van der Waals surface area contributed by atoms with Crippen LogP contribution in [0.2, 0.25) is 0 Å². The third-order valence-electron chi connectivity index (χ3n) is 9.78. The molecule has 270 valence electrons. The normalized spacial score (nSPS) is 10.6. The van der Waals surface area contributed by atoms with Crippen LogP contribution in [-0.4, -0.2) is 0 Å². The maximum atomic E-state index is 4.37. The highest BCUT2D eigenvalue weighted by molar-refractivity contribution is 6.09. The number of hydrogen-bond acceptors (Lipinski definition) is 4. The van der Waals surface area contributed by atoms with Crippen molar-refractivity contribution in [2.24, 2.45) is 0 Å². The summed E-state index contributed by atoms with van der Waals surface area (Å²) < 4.78 is 0. The van der Waals surface area contributed by atoms with E-state index in [1.165, 1.54) is 0 Å². The van der Waals surface area contributed by atoms with Crippen LogP contribution >= 0.6 is 0 Å². The first kappa shape index (κ1) is 35.5. The summed E-state index contributed by atoms with van der Waals surface area (Å²) in [5, 5.41) is 15.2. The van der Waals surface area contributed by atoms with Crippen LogP contribution in [-0.2, 0) is 0 Å². The van der Waals surface area contributed by atoms with Crippen molar-refractivity contribution < 1.29 is 0 Å². The Morgan fingerprint density at radius 3 is 1.12 bits per heavy atom. The zero-order valence-corrected chi connectivity index (χ0v) is 31.0. The lowest BCUT2D eigenvalue weighted by Crippen LogP contribution is -2.05. The predicted molar refractivity (Wildman–Crippen MR) is 242 cm³/mol. The summed E-state index contributed by atoms with van der Waals surface area (Å²) in [6, 6.07) is 67.0. The fourth-order valence-corrected chi connectivity index (χ4v) is 7.18. The molecule has 0 heterocycles. The van der Waals surface area contributed by atoms with Crippen LogP contribution in [0.1, 0.15) is 11.1 Å². The van der Waals surface area contributed by atoms with Gasteiger partial charge >= 0.3 is 0 Å². The molecular weight excluding hydrogens is 681 g/mol. The highest BCUT2D eigenvalue weighted by Crippen LogP contribution is 2.51. The third kappa shape index (κ3) is 7.58. The Morgan fingerprint density at radius 2 is 0.679 bits per heavy atom. The minimum absolute atomic E-state index is 0.929. The lowest BCUT2D eigenvalue weighted by Gasteiger charge is -2.27. The van der Waals surface area contributed by atoms with E-state index >= 15 is 0 Å².